The van der Waals surface area contributed by atoms with Gasteiger partial charge in [0.05, 0.1) is 13.3 Å². The molecule has 2 aromatic carbocycles. The lowest BCUT2D eigenvalue weighted by Crippen LogP contribution is -2.43. The van der Waals surface area contributed by atoms with E-state index < -0.39 is 17.5 Å². The van der Waals surface area contributed by atoms with E-state index in [0.29, 0.717) is 23.3 Å². The summed E-state index contributed by atoms with van der Waals surface area (Å²) in [6, 6.07) is 13.0. The van der Waals surface area contributed by atoms with Crippen LogP contribution in [0.25, 0.3) is 0 Å². The van der Waals surface area contributed by atoms with Crippen LogP contribution in [0, 0.1) is 0 Å². The molecule has 134 valence electrons. The third kappa shape index (κ3) is 2.88. The fourth-order valence-corrected chi connectivity index (χ4v) is 2.91. The molecular formula is C19H19N3O4. The van der Waals surface area contributed by atoms with Gasteiger partial charge in [-0.25, -0.2) is 4.79 Å². The molecular weight excluding hydrogens is 334 g/mol. The van der Waals surface area contributed by atoms with E-state index in [2.05, 4.69) is 10.4 Å². The lowest BCUT2D eigenvalue weighted by molar-refractivity contribution is -0.131. The Morgan fingerprint density at radius 2 is 1.96 bits per heavy atom. The highest BCUT2D eigenvalue weighted by atomic mass is 16.5. The fourth-order valence-electron chi connectivity index (χ4n) is 2.91. The number of aromatic hydroxyl groups is 1. The van der Waals surface area contributed by atoms with Gasteiger partial charge in [-0.15, -0.1) is 5.01 Å². The van der Waals surface area contributed by atoms with Gasteiger partial charge in [0.1, 0.15) is 17.0 Å². The molecule has 0 spiro atoms. The number of phenols is 1. The first-order valence-electron chi connectivity index (χ1n) is 8.15. The smallest absolute Gasteiger partial charge is 0.346 e. The van der Waals surface area contributed by atoms with Crippen LogP contribution in [0.5, 0.6) is 11.5 Å². The molecule has 0 aliphatic carbocycles. The van der Waals surface area contributed by atoms with E-state index in [1.807, 2.05) is 25.1 Å². The van der Waals surface area contributed by atoms with Crippen LogP contribution in [-0.4, -0.2) is 35.4 Å². The van der Waals surface area contributed by atoms with Gasteiger partial charge in [-0.2, -0.15) is 5.10 Å². The molecule has 0 radical (unpaired) electrons. The number of hydrogen-bond acceptors (Lipinski definition) is 5. The van der Waals surface area contributed by atoms with Crippen molar-refractivity contribution in [2.75, 3.05) is 7.11 Å². The summed E-state index contributed by atoms with van der Waals surface area (Å²) in [5, 5.41) is 17.4. The summed E-state index contributed by atoms with van der Waals surface area (Å²) in [4.78, 5) is 25.3. The van der Waals surface area contributed by atoms with Gasteiger partial charge in [-0.05, 0) is 30.2 Å². The number of carbonyl (C=O) groups is 2. The van der Waals surface area contributed by atoms with Gasteiger partial charge < -0.3 is 15.2 Å². The molecule has 7 heteroatoms. The number of methoxy groups -OCH3 is 1. The van der Waals surface area contributed by atoms with Crippen molar-refractivity contribution in [2.45, 2.75) is 18.9 Å². The second-order valence-electron chi connectivity index (χ2n) is 5.84. The first kappa shape index (κ1) is 17.5. The van der Waals surface area contributed by atoms with E-state index in [9.17, 15) is 14.7 Å². The molecule has 1 saturated heterocycles. The molecule has 0 bridgehead atoms. The molecule has 7 nitrogen and oxygen atoms in total. The van der Waals surface area contributed by atoms with Crippen LogP contribution in [0.15, 0.2) is 53.6 Å². The number of phenolic OH excluding ortho intramolecular Hbond substituents is 1. The van der Waals surface area contributed by atoms with Crippen LogP contribution in [0.1, 0.15) is 24.5 Å². The maximum atomic E-state index is 12.9. The molecule has 3 rings (SSSR count). The Balaban J connectivity index is 1.93. The van der Waals surface area contributed by atoms with Crippen molar-refractivity contribution >= 4 is 18.2 Å². The van der Waals surface area contributed by atoms with E-state index in [0.717, 1.165) is 5.01 Å². The number of carbonyl (C=O) groups excluding carboxylic acids is 2. The highest BCUT2D eigenvalue weighted by Gasteiger charge is 2.51. The van der Waals surface area contributed by atoms with Gasteiger partial charge in [0.2, 0.25) is 0 Å². The summed E-state index contributed by atoms with van der Waals surface area (Å²) < 4.78 is 5.10. The molecule has 1 aliphatic rings. The zero-order valence-corrected chi connectivity index (χ0v) is 14.5. The Kier molecular flexibility index (Phi) is 4.62. The standard InChI is InChI=1S/C19H19N3O4/c1-3-19(14-7-5-4-6-8-14)17(24)22(18(25)21-19)20-12-13-11-15(26-2)9-10-16(13)23/h4-12,23H,3H2,1-2H3,(H,21,25)/b20-12+/t19-/m0/s1. The van der Waals surface area contributed by atoms with Crippen LogP contribution in [0.4, 0.5) is 4.79 Å². The average molecular weight is 353 g/mol. The van der Waals surface area contributed by atoms with E-state index in [4.69, 9.17) is 4.74 Å². The Hall–Kier alpha value is -3.35. The SMILES string of the molecule is CC[C@@]1(c2ccccc2)NC(=O)N(/N=C/c2cc(OC)ccc2O)C1=O. The van der Waals surface area contributed by atoms with Gasteiger partial charge in [0.15, 0.2) is 0 Å². The zero-order valence-electron chi connectivity index (χ0n) is 14.5. The van der Waals surface area contributed by atoms with Crippen LogP contribution in [0.3, 0.4) is 0 Å². The van der Waals surface area contributed by atoms with Crippen LogP contribution in [0.2, 0.25) is 0 Å². The Morgan fingerprint density at radius 3 is 2.62 bits per heavy atom. The number of ether oxygens (including phenoxy) is 1. The molecule has 2 N–H and O–H groups in total. The second kappa shape index (κ2) is 6.87. The average Bonchev–Trinajstić information content (AvgIpc) is 2.92. The van der Waals surface area contributed by atoms with E-state index >= 15 is 0 Å². The monoisotopic (exact) mass is 353 g/mol. The minimum atomic E-state index is -1.15. The number of nitrogens with zero attached hydrogens (tertiary/aromatic N) is 2. The maximum Gasteiger partial charge on any atom is 0.346 e. The van der Waals surface area contributed by atoms with Crippen molar-refractivity contribution in [2.24, 2.45) is 5.10 Å². The fraction of sp³-hybridized carbons (Fsp3) is 0.211. The van der Waals surface area contributed by atoms with Gasteiger partial charge in [-0.1, -0.05) is 37.3 Å². The van der Waals surface area contributed by atoms with Crippen LogP contribution < -0.4 is 10.1 Å². The van der Waals surface area contributed by atoms with Gasteiger partial charge in [-0.3, -0.25) is 4.79 Å². The van der Waals surface area contributed by atoms with Gasteiger partial charge in [0.25, 0.3) is 5.91 Å². The quantitative estimate of drug-likeness (QED) is 0.638. The van der Waals surface area contributed by atoms with E-state index in [1.165, 1.54) is 19.4 Å². The summed E-state index contributed by atoms with van der Waals surface area (Å²) in [5.74, 6) is 0.0231. The minimum absolute atomic E-state index is 0.0357. The third-order valence-electron chi connectivity index (χ3n) is 4.41. The zero-order chi connectivity index (χ0) is 18.7. The first-order valence-corrected chi connectivity index (χ1v) is 8.15. The van der Waals surface area contributed by atoms with Crippen molar-refractivity contribution in [3.63, 3.8) is 0 Å². The number of rotatable bonds is 5. The largest absolute Gasteiger partial charge is 0.507 e. The van der Waals surface area contributed by atoms with Crippen molar-refractivity contribution in [3.05, 3.63) is 59.7 Å². The number of benzene rings is 2. The highest BCUT2D eigenvalue weighted by molar-refractivity contribution is 6.07. The molecule has 1 heterocycles. The normalized spacial score (nSPS) is 19.8. The number of hydrazone groups is 1. The molecule has 0 saturated carbocycles. The minimum Gasteiger partial charge on any atom is -0.507 e. The third-order valence-corrected chi connectivity index (χ3v) is 4.41. The van der Waals surface area contributed by atoms with E-state index in [1.54, 1.807) is 24.3 Å². The number of hydrogen-bond donors (Lipinski definition) is 2. The molecule has 1 atom stereocenters. The number of imide groups is 1. The predicted molar refractivity (Wildman–Crippen MR) is 96.0 cm³/mol. The maximum absolute atomic E-state index is 12.9. The van der Waals surface area contributed by atoms with Crippen molar-refractivity contribution in [1.29, 1.82) is 0 Å². The summed E-state index contributed by atoms with van der Waals surface area (Å²) >= 11 is 0. The number of amides is 3. The molecule has 3 amide bonds. The second-order valence-corrected chi connectivity index (χ2v) is 5.84. The molecule has 0 aromatic heterocycles. The molecule has 1 fully saturated rings. The van der Waals surface area contributed by atoms with E-state index in [-0.39, 0.29) is 5.75 Å². The predicted octanol–water partition coefficient (Wildman–Crippen LogP) is 2.59. The Bertz CT molecular complexity index is 866. The van der Waals surface area contributed by atoms with Crippen molar-refractivity contribution < 1.29 is 19.4 Å². The van der Waals surface area contributed by atoms with Crippen molar-refractivity contribution in [3.8, 4) is 11.5 Å². The topological polar surface area (TPSA) is 91.2 Å². The lowest BCUT2D eigenvalue weighted by Gasteiger charge is -2.24. The Morgan fingerprint density at radius 1 is 1.23 bits per heavy atom. The summed E-state index contributed by atoms with van der Waals surface area (Å²) in [6.45, 7) is 1.83. The Labute approximate surface area is 150 Å². The lowest BCUT2D eigenvalue weighted by atomic mass is 9.87. The van der Waals surface area contributed by atoms with Crippen LogP contribution >= 0.6 is 0 Å². The summed E-state index contributed by atoms with van der Waals surface area (Å²) in [7, 11) is 1.50. The van der Waals surface area contributed by atoms with Crippen molar-refractivity contribution in [1.82, 2.24) is 10.3 Å². The summed E-state index contributed by atoms with van der Waals surface area (Å²) in [5.41, 5.74) is -0.118. The summed E-state index contributed by atoms with van der Waals surface area (Å²) in [6.07, 6.45) is 1.64. The highest BCUT2D eigenvalue weighted by Crippen LogP contribution is 2.32. The molecule has 26 heavy (non-hydrogen) atoms. The molecule has 0 unspecified atom stereocenters. The van der Waals surface area contributed by atoms with Gasteiger partial charge in [0, 0.05) is 5.56 Å². The van der Waals surface area contributed by atoms with Crippen LogP contribution in [-0.2, 0) is 10.3 Å². The molecule has 1 aliphatic heterocycles. The van der Waals surface area contributed by atoms with Gasteiger partial charge >= 0.3 is 6.03 Å². The molecule has 2 aromatic rings. The number of nitrogens with one attached hydrogen (secondary N) is 1. The first-order chi connectivity index (χ1) is 12.5. The number of urea groups is 1.